The summed E-state index contributed by atoms with van der Waals surface area (Å²) in [5.74, 6) is 4.66. The van der Waals surface area contributed by atoms with Gasteiger partial charge in [0.15, 0.2) is 0 Å². The van der Waals surface area contributed by atoms with E-state index in [-0.39, 0.29) is 22.6 Å². The predicted octanol–water partition coefficient (Wildman–Crippen LogP) is 3.56. The summed E-state index contributed by atoms with van der Waals surface area (Å²) >= 11 is 0. The lowest BCUT2D eigenvalue weighted by molar-refractivity contribution is -0.137. The van der Waals surface area contributed by atoms with E-state index in [4.69, 9.17) is 0 Å². The van der Waals surface area contributed by atoms with Gasteiger partial charge in [0, 0.05) is 16.7 Å². The van der Waals surface area contributed by atoms with E-state index in [0.717, 1.165) is 12.1 Å². The van der Waals surface area contributed by atoms with E-state index in [1.807, 2.05) is 0 Å². The van der Waals surface area contributed by atoms with Gasteiger partial charge in [0.2, 0.25) is 10.0 Å². The highest BCUT2D eigenvalue weighted by Crippen LogP contribution is 2.29. The Bertz CT molecular complexity index is 1080. The summed E-state index contributed by atoms with van der Waals surface area (Å²) in [6, 6.07) is 9.95. The minimum atomic E-state index is -4.45. The first-order chi connectivity index (χ1) is 13.8. The molecule has 0 aliphatic heterocycles. The third-order valence-corrected chi connectivity index (χ3v) is 5.40. The summed E-state index contributed by atoms with van der Waals surface area (Å²) in [6.45, 7) is 5.06. The van der Waals surface area contributed by atoms with Crippen LogP contribution in [0.15, 0.2) is 53.4 Å². The maximum atomic E-state index is 12.7. The second-order valence-corrected chi connectivity index (χ2v) is 9.13. The summed E-state index contributed by atoms with van der Waals surface area (Å²) in [7, 11) is -3.71. The second kappa shape index (κ2) is 8.90. The fourth-order valence-electron chi connectivity index (χ4n) is 2.39. The van der Waals surface area contributed by atoms with Crippen LogP contribution in [-0.4, -0.2) is 26.4 Å². The Balaban J connectivity index is 1.99. The lowest BCUT2D eigenvalue weighted by atomic mass is 10.1. The highest BCUT2D eigenvalue weighted by atomic mass is 32.2. The van der Waals surface area contributed by atoms with Gasteiger partial charge in [-0.05, 0) is 63.2 Å². The van der Waals surface area contributed by atoms with Crippen molar-refractivity contribution in [1.82, 2.24) is 10.0 Å². The first kappa shape index (κ1) is 23.4. The molecule has 5 nitrogen and oxygen atoms in total. The third-order valence-electron chi connectivity index (χ3n) is 3.63. The van der Waals surface area contributed by atoms with Crippen molar-refractivity contribution in [2.45, 2.75) is 37.4 Å². The molecule has 0 atom stereocenters. The summed E-state index contributed by atoms with van der Waals surface area (Å²) in [6.07, 6.45) is -4.45. The van der Waals surface area contributed by atoms with Crippen LogP contribution in [0.1, 0.15) is 42.3 Å². The van der Waals surface area contributed by atoms with Gasteiger partial charge in [-0.25, -0.2) is 13.1 Å². The molecule has 0 heterocycles. The lowest BCUT2D eigenvalue weighted by Crippen LogP contribution is -2.40. The number of nitrogens with one attached hydrogen (secondary N) is 2. The molecule has 0 saturated heterocycles. The van der Waals surface area contributed by atoms with Crippen molar-refractivity contribution in [3.63, 3.8) is 0 Å². The van der Waals surface area contributed by atoms with Gasteiger partial charge >= 0.3 is 6.18 Å². The number of alkyl halides is 3. The van der Waals surface area contributed by atoms with Crippen molar-refractivity contribution in [2.75, 3.05) is 6.54 Å². The average molecular weight is 438 g/mol. The molecule has 160 valence electrons. The molecule has 0 spiro atoms. The molecule has 30 heavy (non-hydrogen) atoms. The van der Waals surface area contributed by atoms with E-state index in [0.29, 0.717) is 0 Å². The van der Waals surface area contributed by atoms with E-state index in [1.165, 1.54) is 36.4 Å². The monoisotopic (exact) mass is 438 g/mol. The molecule has 0 saturated carbocycles. The van der Waals surface area contributed by atoms with Crippen molar-refractivity contribution in [3.8, 4) is 11.8 Å². The summed E-state index contributed by atoms with van der Waals surface area (Å²) in [4.78, 5) is 12.2. The largest absolute Gasteiger partial charge is 0.416 e. The molecule has 1 amide bonds. The lowest BCUT2D eigenvalue weighted by Gasteiger charge is -2.20. The van der Waals surface area contributed by atoms with Crippen molar-refractivity contribution in [3.05, 3.63) is 65.2 Å². The van der Waals surface area contributed by atoms with E-state index in [9.17, 15) is 26.4 Å². The fourth-order valence-corrected chi connectivity index (χ4v) is 3.81. The van der Waals surface area contributed by atoms with Crippen LogP contribution in [0.3, 0.4) is 0 Å². The molecule has 2 rings (SSSR count). The van der Waals surface area contributed by atoms with E-state index >= 15 is 0 Å². The summed E-state index contributed by atoms with van der Waals surface area (Å²) in [5.41, 5.74) is -1.03. The van der Waals surface area contributed by atoms with Gasteiger partial charge in [-0.1, -0.05) is 17.9 Å². The Kier molecular flexibility index (Phi) is 6.95. The highest BCUT2D eigenvalue weighted by Gasteiger charge is 2.30. The highest BCUT2D eigenvalue weighted by molar-refractivity contribution is 7.89. The maximum Gasteiger partial charge on any atom is 0.416 e. The van der Waals surface area contributed by atoms with Crippen molar-refractivity contribution in [1.29, 1.82) is 0 Å². The standard InChI is InChI=1S/C21H21F3N2O3S/c1-20(2,3)26-30(28,29)18-11-9-16(10-12-18)19(27)25-13-5-7-15-6-4-8-17(14-15)21(22,23)24/h4,6,8-12,14,26H,13H2,1-3H3,(H,25,27). The van der Waals surface area contributed by atoms with Gasteiger partial charge in [0.05, 0.1) is 17.0 Å². The Morgan fingerprint density at radius 3 is 2.23 bits per heavy atom. The normalized spacial score (nSPS) is 12.1. The zero-order valence-electron chi connectivity index (χ0n) is 16.6. The van der Waals surface area contributed by atoms with Crippen LogP contribution >= 0.6 is 0 Å². The van der Waals surface area contributed by atoms with Crippen LogP contribution in [0, 0.1) is 11.8 Å². The van der Waals surface area contributed by atoms with Crippen LogP contribution < -0.4 is 10.0 Å². The van der Waals surface area contributed by atoms with E-state index in [2.05, 4.69) is 21.9 Å². The van der Waals surface area contributed by atoms with Gasteiger partial charge in [-0.3, -0.25) is 4.79 Å². The smallest absolute Gasteiger partial charge is 0.341 e. The number of hydrogen-bond donors (Lipinski definition) is 2. The van der Waals surface area contributed by atoms with Gasteiger partial charge in [0.1, 0.15) is 0 Å². The molecule has 0 radical (unpaired) electrons. The number of halogens is 3. The van der Waals surface area contributed by atoms with Gasteiger partial charge in [-0.2, -0.15) is 13.2 Å². The second-order valence-electron chi connectivity index (χ2n) is 7.44. The van der Waals surface area contributed by atoms with Crippen LogP contribution in [0.25, 0.3) is 0 Å². The van der Waals surface area contributed by atoms with Crippen LogP contribution in [0.2, 0.25) is 0 Å². The molecule has 0 aliphatic carbocycles. The van der Waals surface area contributed by atoms with Gasteiger partial charge in [0.25, 0.3) is 5.91 Å². The van der Waals surface area contributed by atoms with Crippen LogP contribution in [0.4, 0.5) is 13.2 Å². The number of carbonyl (C=O) groups excluding carboxylic acids is 1. The maximum absolute atomic E-state index is 12.7. The van der Waals surface area contributed by atoms with Crippen molar-refractivity contribution >= 4 is 15.9 Å². The molecule has 2 aromatic carbocycles. The zero-order chi connectivity index (χ0) is 22.6. The molecule has 0 bridgehead atoms. The topological polar surface area (TPSA) is 75.3 Å². The quantitative estimate of drug-likeness (QED) is 0.717. The fraction of sp³-hybridized carbons (Fsp3) is 0.286. The number of hydrogen-bond acceptors (Lipinski definition) is 3. The molecular formula is C21H21F3N2O3S. The third kappa shape index (κ3) is 6.90. The number of benzene rings is 2. The molecule has 0 aliphatic rings. The minimum absolute atomic E-state index is 0.0262. The zero-order valence-corrected chi connectivity index (χ0v) is 17.4. The first-order valence-electron chi connectivity index (χ1n) is 8.86. The average Bonchev–Trinajstić information content (AvgIpc) is 2.63. The van der Waals surface area contributed by atoms with E-state index in [1.54, 1.807) is 20.8 Å². The molecule has 0 unspecified atom stereocenters. The molecular weight excluding hydrogens is 417 g/mol. The number of amides is 1. The van der Waals surface area contributed by atoms with Crippen LogP contribution in [-0.2, 0) is 16.2 Å². The number of sulfonamides is 1. The summed E-state index contributed by atoms with van der Waals surface area (Å²) < 4.78 is 65.1. The first-order valence-corrected chi connectivity index (χ1v) is 10.3. The molecule has 9 heteroatoms. The summed E-state index contributed by atoms with van der Waals surface area (Å²) in [5, 5.41) is 2.51. The Hall–Kier alpha value is -2.83. The number of rotatable bonds is 4. The van der Waals surface area contributed by atoms with Crippen molar-refractivity contribution < 1.29 is 26.4 Å². The Labute approximate surface area is 173 Å². The predicted molar refractivity (Wildman–Crippen MR) is 107 cm³/mol. The SMILES string of the molecule is CC(C)(C)NS(=O)(=O)c1ccc(C(=O)NCC#Cc2cccc(C(F)(F)F)c2)cc1. The molecule has 2 N–H and O–H groups in total. The Morgan fingerprint density at radius 2 is 1.67 bits per heavy atom. The van der Waals surface area contributed by atoms with E-state index < -0.39 is 33.2 Å². The van der Waals surface area contributed by atoms with Gasteiger partial charge in [-0.15, -0.1) is 0 Å². The van der Waals surface area contributed by atoms with Crippen LogP contribution in [0.5, 0.6) is 0 Å². The van der Waals surface area contributed by atoms with Crippen molar-refractivity contribution in [2.24, 2.45) is 0 Å². The Morgan fingerprint density at radius 1 is 1.03 bits per heavy atom. The molecule has 2 aromatic rings. The minimum Gasteiger partial charge on any atom is -0.341 e. The molecule has 0 aromatic heterocycles. The van der Waals surface area contributed by atoms with Gasteiger partial charge < -0.3 is 5.32 Å². The molecule has 0 fully saturated rings. The number of carbonyl (C=O) groups is 1.